The zero-order chi connectivity index (χ0) is 13.4. The fraction of sp³-hybridized carbons (Fsp3) is 0.933. The molecule has 3 nitrogen and oxygen atoms in total. The van der Waals surface area contributed by atoms with Crippen LogP contribution in [0.25, 0.3) is 0 Å². The molecule has 1 aliphatic rings. The van der Waals surface area contributed by atoms with Crippen LogP contribution in [0.15, 0.2) is 0 Å². The molecule has 1 atom stereocenters. The Kier molecular flexibility index (Phi) is 7.33. The van der Waals surface area contributed by atoms with Gasteiger partial charge in [-0.15, -0.1) is 0 Å². The molecule has 0 spiro atoms. The molecule has 0 bridgehead atoms. The van der Waals surface area contributed by atoms with Crippen LogP contribution >= 0.6 is 0 Å². The molecule has 1 aliphatic carbocycles. The predicted octanol–water partition coefficient (Wildman–Crippen LogP) is 3.44. The molecular formula is C15H29NO2. The lowest BCUT2D eigenvalue weighted by Gasteiger charge is -2.26. The van der Waals surface area contributed by atoms with E-state index in [0.29, 0.717) is 0 Å². The number of rotatable bonds is 8. The number of nitrogens with one attached hydrogen (secondary N) is 1. The van der Waals surface area contributed by atoms with Crippen molar-refractivity contribution in [2.75, 3.05) is 6.54 Å². The van der Waals surface area contributed by atoms with Gasteiger partial charge in [-0.3, -0.25) is 4.79 Å². The molecular weight excluding hydrogens is 226 g/mol. The van der Waals surface area contributed by atoms with Crippen molar-refractivity contribution in [1.82, 2.24) is 5.32 Å². The molecule has 0 saturated heterocycles. The molecule has 1 rings (SSSR count). The van der Waals surface area contributed by atoms with Gasteiger partial charge < -0.3 is 10.4 Å². The van der Waals surface area contributed by atoms with Gasteiger partial charge in [-0.25, -0.2) is 0 Å². The van der Waals surface area contributed by atoms with E-state index >= 15 is 0 Å². The summed E-state index contributed by atoms with van der Waals surface area (Å²) < 4.78 is 0. The number of aliphatic carboxylic acids is 1. The Balaban J connectivity index is 2.16. The van der Waals surface area contributed by atoms with E-state index in [2.05, 4.69) is 19.2 Å². The quantitative estimate of drug-likeness (QED) is 0.698. The van der Waals surface area contributed by atoms with E-state index in [1.165, 1.54) is 25.7 Å². The molecule has 1 unspecified atom stereocenters. The molecule has 1 saturated carbocycles. The molecule has 2 N–H and O–H groups in total. The van der Waals surface area contributed by atoms with Gasteiger partial charge >= 0.3 is 5.97 Å². The second kappa shape index (κ2) is 8.52. The average molecular weight is 255 g/mol. The smallest absolute Gasteiger partial charge is 0.320 e. The summed E-state index contributed by atoms with van der Waals surface area (Å²) in [6, 6.07) is -0.340. The summed E-state index contributed by atoms with van der Waals surface area (Å²) in [5.41, 5.74) is 0. The highest BCUT2D eigenvalue weighted by Crippen LogP contribution is 2.29. The maximum Gasteiger partial charge on any atom is 0.320 e. The Morgan fingerprint density at radius 1 is 1.33 bits per heavy atom. The highest BCUT2D eigenvalue weighted by molar-refractivity contribution is 5.73. The maximum atomic E-state index is 11.1. The Bertz CT molecular complexity index is 235. The summed E-state index contributed by atoms with van der Waals surface area (Å²) in [6.45, 7) is 5.29. The standard InChI is InChI=1S/C15H29NO2/c1-3-4-5-14(15(17)18)16-11-10-13-8-6-12(2)7-9-13/h12-14,16H,3-11H2,1-2H3,(H,17,18). The minimum absolute atomic E-state index is 0.340. The lowest BCUT2D eigenvalue weighted by atomic mass is 9.81. The van der Waals surface area contributed by atoms with Crippen LogP contribution in [0.5, 0.6) is 0 Å². The van der Waals surface area contributed by atoms with Crippen molar-refractivity contribution in [3.8, 4) is 0 Å². The lowest BCUT2D eigenvalue weighted by molar-refractivity contribution is -0.139. The number of unbranched alkanes of at least 4 members (excludes halogenated alkanes) is 1. The Morgan fingerprint density at radius 2 is 2.00 bits per heavy atom. The van der Waals surface area contributed by atoms with E-state index in [1.807, 2.05) is 0 Å². The Morgan fingerprint density at radius 3 is 2.56 bits per heavy atom. The van der Waals surface area contributed by atoms with Crippen LogP contribution < -0.4 is 5.32 Å². The lowest BCUT2D eigenvalue weighted by Crippen LogP contribution is -2.37. The third-order valence-electron chi connectivity index (χ3n) is 4.22. The largest absolute Gasteiger partial charge is 0.480 e. The Labute approximate surface area is 111 Å². The van der Waals surface area contributed by atoms with Crippen LogP contribution in [0.1, 0.15) is 65.2 Å². The van der Waals surface area contributed by atoms with Crippen LogP contribution in [-0.2, 0) is 4.79 Å². The van der Waals surface area contributed by atoms with Gasteiger partial charge in [-0.05, 0) is 31.2 Å². The molecule has 0 aromatic carbocycles. The number of carboxylic acid groups (broad SMARTS) is 1. The highest BCUT2D eigenvalue weighted by Gasteiger charge is 2.19. The van der Waals surface area contributed by atoms with E-state index in [-0.39, 0.29) is 6.04 Å². The monoisotopic (exact) mass is 255 g/mol. The number of hydrogen-bond acceptors (Lipinski definition) is 2. The minimum Gasteiger partial charge on any atom is -0.480 e. The van der Waals surface area contributed by atoms with Gasteiger partial charge in [0.15, 0.2) is 0 Å². The first-order chi connectivity index (χ1) is 8.63. The van der Waals surface area contributed by atoms with Crippen molar-refractivity contribution in [1.29, 1.82) is 0 Å². The first-order valence-corrected chi connectivity index (χ1v) is 7.59. The molecule has 0 amide bonds. The van der Waals surface area contributed by atoms with Crippen LogP contribution in [0.3, 0.4) is 0 Å². The molecule has 0 aliphatic heterocycles. The predicted molar refractivity (Wildman–Crippen MR) is 74.7 cm³/mol. The third-order valence-corrected chi connectivity index (χ3v) is 4.22. The molecule has 0 aromatic heterocycles. The molecule has 3 heteroatoms. The van der Waals surface area contributed by atoms with Crippen molar-refractivity contribution < 1.29 is 9.90 Å². The zero-order valence-corrected chi connectivity index (χ0v) is 12.0. The van der Waals surface area contributed by atoms with Crippen LogP contribution in [0, 0.1) is 11.8 Å². The maximum absolute atomic E-state index is 11.1. The zero-order valence-electron chi connectivity index (χ0n) is 12.0. The molecule has 0 radical (unpaired) electrons. The van der Waals surface area contributed by atoms with Crippen molar-refractivity contribution in [3.63, 3.8) is 0 Å². The molecule has 1 fully saturated rings. The molecule has 106 valence electrons. The van der Waals surface area contributed by atoms with E-state index < -0.39 is 5.97 Å². The summed E-state index contributed by atoms with van der Waals surface area (Å²) >= 11 is 0. The summed E-state index contributed by atoms with van der Waals surface area (Å²) in [4.78, 5) is 11.1. The summed E-state index contributed by atoms with van der Waals surface area (Å²) in [5.74, 6) is 1.01. The summed E-state index contributed by atoms with van der Waals surface area (Å²) in [7, 11) is 0. The van der Waals surface area contributed by atoms with Gasteiger partial charge in [0.25, 0.3) is 0 Å². The molecule has 18 heavy (non-hydrogen) atoms. The van der Waals surface area contributed by atoms with E-state index in [0.717, 1.165) is 44.1 Å². The van der Waals surface area contributed by atoms with Crippen molar-refractivity contribution >= 4 is 5.97 Å². The van der Waals surface area contributed by atoms with E-state index in [1.54, 1.807) is 0 Å². The third kappa shape index (κ3) is 5.85. The first-order valence-electron chi connectivity index (χ1n) is 7.59. The molecule has 0 aromatic rings. The number of carbonyl (C=O) groups is 1. The van der Waals surface area contributed by atoms with Crippen LogP contribution in [0.4, 0.5) is 0 Å². The van der Waals surface area contributed by atoms with Gasteiger partial charge in [0.1, 0.15) is 6.04 Å². The Hall–Kier alpha value is -0.570. The normalized spacial score (nSPS) is 25.9. The second-order valence-corrected chi connectivity index (χ2v) is 5.90. The molecule has 0 heterocycles. The fourth-order valence-electron chi connectivity index (χ4n) is 2.80. The van der Waals surface area contributed by atoms with Crippen molar-refractivity contribution in [2.45, 2.75) is 71.3 Å². The number of carboxylic acids is 1. The van der Waals surface area contributed by atoms with Crippen molar-refractivity contribution in [2.24, 2.45) is 11.8 Å². The van der Waals surface area contributed by atoms with Crippen molar-refractivity contribution in [3.05, 3.63) is 0 Å². The van der Waals surface area contributed by atoms with E-state index in [4.69, 9.17) is 5.11 Å². The SMILES string of the molecule is CCCCC(NCCC1CCC(C)CC1)C(=O)O. The van der Waals surface area contributed by atoms with Crippen LogP contribution in [0.2, 0.25) is 0 Å². The second-order valence-electron chi connectivity index (χ2n) is 5.90. The van der Waals surface area contributed by atoms with Gasteiger partial charge in [0.05, 0.1) is 0 Å². The topological polar surface area (TPSA) is 49.3 Å². The highest BCUT2D eigenvalue weighted by atomic mass is 16.4. The van der Waals surface area contributed by atoms with Gasteiger partial charge in [0.2, 0.25) is 0 Å². The first kappa shape index (κ1) is 15.5. The minimum atomic E-state index is -0.694. The average Bonchev–Trinajstić information content (AvgIpc) is 2.35. The number of hydrogen-bond donors (Lipinski definition) is 2. The fourth-order valence-corrected chi connectivity index (χ4v) is 2.80. The van der Waals surface area contributed by atoms with Gasteiger partial charge in [-0.2, -0.15) is 0 Å². The van der Waals surface area contributed by atoms with E-state index in [9.17, 15) is 4.79 Å². The van der Waals surface area contributed by atoms with Crippen LogP contribution in [-0.4, -0.2) is 23.7 Å². The van der Waals surface area contributed by atoms with Gasteiger partial charge in [0, 0.05) is 0 Å². The summed E-state index contributed by atoms with van der Waals surface area (Å²) in [5, 5.41) is 12.3. The van der Waals surface area contributed by atoms with Gasteiger partial charge in [-0.1, -0.05) is 52.4 Å². The summed E-state index contributed by atoms with van der Waals surface area (Å²) in [6.07, 6.45) is 9.31.